The molecule has 3 aromatic rings. The van der Waals surface area contributed by atoms with Crippen molar-refractivity contribution in [1.82, 2.24) is 19.8 Å². The third kappa shape index (κ3) is 4.43. The number of hydrogen-bond acceptors (Lipinski definition) is 7. The molecule has 4 heterocycles. The Balaban J connectivity index is 1.37. The highest BCUT2D eigenvalue weighted by atomic mass is 19.1. The van der Waals surface area contributed by atoms with E-state index in [0.29, 0.717) is 31.1 Å². The van der Waals surface area contributed by atoms with Gasteiger partial charge in [0, 0.05) is 48.5 Å². The molecule has 1 fully saturated rings. The first-order valence-corrected chi connectivity index (χ1v) is 11.5. The Kier molecular flexibility index (Phi) is 6.65. The summed E-state index contributed by atoms with van der Waals surface area (Å²) in [6.07, 6.45) is -0.0216. The molecule has 2 amide bonds. The second kappa shape index (κ2) is 9.88. The number of nitrogens with zero attached hydrogens (tertiary/aromatic N) is 3. The van der Waals surface area contributed by atoms with E-state index in [0.717, 1.165) is 35.8 Å². The maximum atomic E-state index is 14.8. The minimum atomic E-state index is -1.66. The van der Waals surface area contributed by atoms with Crippen LogP contribution in [0, 0.1) is 11.6 Å². The molecule has 0 radical (unpaired) electrons. The first-order chi connectivity index (χ1) is 17.4. The lowest BCUT2D eigenvalue weighted by Crippen LogP contribution is -2.41. The van der Waals surface area contributed by atoms with Gasteiger partial charge >= 0.3 is 6.03 Å². The number of urea groups is 1. The predicted molar refractivity (Wildman–Crippen MR) is 126 cm³/mol. The van der Waals surface area contributed by atoms with E-state index >= 15 is 0 Å². The summed E-state index contributed by atoms with van der Waals surface area (Å²) in [5.74, 6) is -2.65. The van der Waals surface area contributed by atoms with Crippen molar-refractivity contribution in [3.63, 3.8) is 0 Å². The van der Waals surface area contributed by atoms with Gasteiger partial charge < -0.3 is 34.5 Å². The molecule has 0 spiro atoms. The summed E-state index contributed by atoms with van der Waals surface area (Å²) in [4.78, 5) is 24.3. The van der Waals surface area contributed by atoms with Gasteiger partial charge in [0.2, 0.25) is 0 Å². The Labute approximate surface area is 205 Å². The Morgan fingerprint density at radius 2 is 1.86 bits per heavy atom. The number of benzene rings is 1. The molecule has 0 aliphatic carbocycles. The van der Waals surface area contributed by atoms with Crippen LogP contribution < -0.4 is 14.8 Å². The van der Waals surface area contributed by atoms with Crippen LogP contribution in [0.1, 0.15) is 22.9 Å². The number of hydrogen-bond donors (Lipinski definition) is 3. The number of aliphatic hydroxyl groups is 1. The molecule has 36 heavy (non-hydrogen) atoms. The van der Waals surface area contributed by atoms with Gasteiger partial charge in [0.1, 0.15) is 11.8 Å². The molecular formula is C24H27F2N5O5. The summed E-state index contributed by atoms with van der Waals surface area (Å²) >= 11 is 0. The summed E-state index contributed by atoms with van der Waals surface area (Å²) < 4.78 is 44.9. The Morgan fingerprint density at radius 3 is 2.53 bits per heavy atom. The number of ether oxygens (including phenoxy) is 3. The van der Waals surface area contributed by atoms with Gasteiger partial charge in [-0.1, -0.05) is 0 Å². The second-order valence-electron chi connectivity index (χ2n) is 8.75. The van der Waals surface area contributed by atoms with Crippen LogP contribution in [0.25, 0.3) is 11.0 Å². The highest BCUT2D eigenvalue weighted by Crippen LogP contribution is 2.36. The molecular weight excluding hydrogens is 476 g/mol. The van der Waals surface area contributed by atoms with E-state index in [-0.39, 0.29) is 24.6 Å². The zero-order valence-corrected chi connectivity index (χ0v) is 19.9. The van der Waals surface area contributed by atoms with Gasteiger partial charge in [0.15, 0.2) is 23.1 Å². The van der Waals surface area contributed by atoms with Crippen LogP contribution in [-0.2, 0) is 17.8 Å². The monoisotopic (exact) mass is 503 g/mol. The fraction of sp³-hybridized carbons (Fsp3) is 0.417. The van der Waals surface area contributed by atoms with E-state index in [1.807, 2.05) is 6.07 Å². The number of nitrogens with one attached hydrogen (secondary N) is 2. The number of aromatic amines is 1. The van der Waals surface area contributed by atoms with Crippen molar-refractivity contribution in [3.8, 4) is 11.5 Å². The number of pyridine rings is 1. The topological polar surface area (TPSA) is 112 Å². The molecule has 1 aromatic carbocycles. The van der Waals surface area contributed by atoms with Crippen molar-refractivity contribution >= 4 is 22.8 Å². The van der Waals surface area contributed by atoms with Crippen LogP contribution in [0.4, 0.5) is 19.3 Å². The van der Waals surface area contributed by atoms with E-state index in [2.05, 4.69) is 20.2 Å². The molecule has 2 aliphatic rings. The molecule has 0 saturated carbocycles. The van der Waals surface area contributed by atoms with Crippen LogP contribution in [0.2, 0.25) is 0 Å². The number of anilines is 1. The number of morpholine rings is 1. The number of rotatable bonds is 7. The maximum Gasteiger partial charge on any atom is 0.322 e. The van der Waals surface area contributed by atoms with Crippen LogP contribution >= 0.6 is 0 Å². The highest BCUT2D eigenvalue weighted by molar-refractivity contribution is 6.02. The van der Waals surface area contributed by atoms with Crippen molar-refractivity contribution in [2.24, 2.45) is 0 Å². The minimum Gasteiger partial charge on any atom is -0.494 e. The number of H-pyrrole nitrogens is 1. The largest absolute Gasteiger partial charge is 0.494 e. The molecule has 2 aromatic heterocycles. The van der Waals surface area contributed by atoms with Crippen molar-refractivity contribution < 1.29 is 32.9 Å². The smallest absolute Gasteiger partial charge is 0.322 e. The molecule has 0 unspecified atom stereocenters. The molecule has 1 saturated heterocycles. The average Bonchev–Trinajstić information content (AvgIpc) is 3.28. The summed E-state index contributed by atoms with van der Waals surface area (Å²) in [6, 6.07) is 2.53. The van der Waals surface area contributed by atoms with Crippen molar-refractivity contribution in [3.05, 3.63) is 46.8 Å². The molecule has 5 rings (SSSR count). The van der Waals surface area contributed by atoms with Crippen LogP contribution in [0.15, 0.2) is 18.3 Å². The molecule has 0 bridgehead atoms. The van der Waals surface area contributed by atoms with Gasteiger partial charge in [-0.3, -0.25) is 4.90 Å². The van der Waals surface area contributed by atoms with Crippen molar-refractivity contribution in [1.29, 1.82) is 0 Å². The highest BCUT2D eigenvalue weighted by Gasteiger charge is 2.31. The van der Waals surface area contributed by atoms with Crippen LogP contribution in [0.3, 0.4) is 0 Å². The summed E-state index contributed by atoms with van der Waals surface area (Å²) in [7, 11) is 2.45. The fourth-order valence-electron chi connectivity index (χ4n) is 4.63. The summed E-state index contributed by atoms with van der Waals surface area (Å²) in [5, 5.41) is 14.3. The quantitative estimate of drug-likeness (QED) is 0.455. The van der Waals surface area contributed by atoms with Crippen LogP contribution in [0.5, 0.6) is 11.5 Å². The Hall–Kier alpha value is -3.48. The molecule has 2 aliphatic heterocycles. The predicted octanol–water partition coefficient (Wildman–Crippen LogP) is 2.77. The van der Waals surface area contributed by atoms with E-state index in [4.69, 9.17) is 14.2 Å². The average molecular weight is 504 g/mol. The van der Waals surface area contributed by atoms with Gasteiger partial charge in [-0.05, 0) is 6.07 Å². The van der Waals surface area contributed by atoms with E-state index in [1.54, 1.807) is 6.20 Å². The standard InChI is InChI=1S/C24H27F2N5O5/c1-34-17-8-18(35-2)21(26)19(20(17)25)16(32)12-31-10-13-9-27-23-15(22(13)29-24(31)33)7-14(28-23)11-30-3-5-36-6-4-30/h7-9,16,32H,3-6,10-12H2,1-2H3,(H,27,28)(H,29,33)/t16-/m0/s1. The van der Waals surface area contributed by atoms with E-state index in [9.17, 15) is 18.7 Å². The Bertz CT molecular complexity index is 1270. The second-order valence-corrected chi connectivity index (χ2v) is 8.75. The lowest BCUT2D eigenvalue weighted by atomic mass is 10.0. The van der Waals surface area contributed by atoms with Crippen LogP contribution in [-0.4, -0.2) is 78.0 Å². The number of carbonyl (C=O) groups excluding carboxylic acids is 1. The summed E-state index contributed by atoms with van der Waals surface area (Å²) in [6.45, 7) is 3.54. The molecule has 192 valence electrons. The summed E-state index contributed by atoms with van der Waals surface area (Å²) in [5.41, 5.74) is 2.34. The first kappa shape index (κ1) is 24.2. The zero-order chi connectivity index (χ0) is 25.4. The zero-order valence-electron chi connectivity index (χ0n) is 19.9. The minimum absolute atomic E-state index is 0.107. The lowest BCUT2D eigenvalue weighted by Gasteiger charge is -2.31. The van der Waals surface area contributed by atoms with Gasteiger partial charge in [-0.25, -0.2) is 18.6 Å². The third-order valence-electron chi connectivity index (χ3n) is 6.50. The molecule has 10 nitrogen and oxygen atoms in total. The molecule has 3 N–H and O–H groups in total. The number of carbonyl (C=O) groups is 1. The number of halogens is 2. The normalized spacial score (nSPS) is 17.1. The van der Waals surface area contributed by atoms with Crippen molar-refractivity contribution in [2.45, 2.75) is 19.2 Å². The number of β-amino-alcohol motifs (C(OH)–C–C–N with tert-alkyl or cyclic N) is 1. The van der Waals surface area contributed by atoms with Gasteiger partial charge in [0.05, 0.1) is 51.8 Å². The van der Waals surface area contributed by atoms with Gasteiger partial charge in [-0.15, -0.1) is 0 Å². The number of fused-ring (bicyclic) bond motifs is 3. The SMILES string of the molecule is COc1cc(OC)c(F)c([C@@H](O)CN2Cc3cnc4[nH]c(CN5CCOCC5)cc4c3NC2=O)c1F. The van der Waals surface area contributed by atoms with E-state index < -0.39 is 29.3 Å². The molecule has 1 atom stereocenters. The number of aromatic nitrogens is 2. The third-order valence-corrected chi connectivity index (χ3v) is 6.50. The maximum absolute atomic E-state index is 14.8. The number of amides is 2. The fourth-order valence-corrected chi connectivity index (χ4v) is 4.63. The lowest BCUT2D eigenvalue weighted by molar-refractivity contribution is 0.0337. The van der Waals surface area contributed by atoms with Gasteiger partial charge in [0.25, 0.3) is 0 Å². The van der Waals surface area contributed by atoms with E-state index in [1.165, 1.54) is 19.1 Å². The number of aliphatic hydroxyl groups excluding tert-OH is 1. The molecule has 12 heteroatoms. The first-order valence-electron chi connectivity index (χ1n) is 11.5. The number of methoxy groups -OCH3 is 2. The van der Waals surface area contributed by atoms with Gasteiger partial charge in [-0.2, -0.15) is 0 Å². The van der Waals surface area contributed by atoms with Crippen molar-refractivity contribution in [2.75, 3.05) is 52.4 Å². The Morgan fingerprint density at radius 1 is 1.17 bits per heavy atom.